The molecule has 0 bridgehead atoms. The summed E-state index contributed by atoms with van der Waals surface area (Å²) in [7, 11) is 0. The van der Waals surface area contributed by atoms with E-state index in [4.69, 9.17) is 10.5 Å². The Morgan fingerprint density at radius 2 is 2.05 bits per heavy atom. The maximum Gasteiger partial charge on any atom is 0.244 e. The zero-order valence-corrected chi connectivity index (χ0v) is 12.9. The molecule has 1 aliphatic rings. The number of nitrogens with one attached hydrogen (secondary N) is 1. The van der Waals surface area contributed by atoms with Crippen molar-refractivity contribution >= 4 is 24.0 Å². The monoisotopic (exact) mass is 298 g/mol. The normalized spacial score (nSPS) is 16.4. The lowest BCUT2D eigenvalue weighted by atomic mass is 9.98. The summed E-state index contributed by atoms with van der Waals surface area (Å²) in [6, 6.07) is 5.66. The highest BCUT2D eigenvalue weighted by atomic mass is 35.5. The molecule has 3 N–H and O–H groups in total. The van der Waals surface area contributed by atoms with Crippen molar-refractivity contribution in [2.75, 3.05) is 11.9 Å². The molecule has 0 radical (unpaired) electrons. The van der Waals surface area contributed by atoms with Crippen LogP contribution in [0.25, 0.3) is 0 Å². The van der Waals surface area contributed by atoms with E-state index in [1.165, 1.54) is 0 Å². The number of carbonyl (C=O) groups is 1. The topological polar surface area (TPSA) is 64.3 Å². The fraction of sp³-hybridized carbons (Fsp3) is 0.533. The molecule has 1 amide bonds. The largest absolute Gasteiger partial charge is 0.494 e. The molecule has 0 spiro atoms. The summed E-state index contributed by atoms with van der Waals surface area (Å²) in [4.78, 5) is 12.2. The highest BCUT2D eigenvalue weighted by molar-refractivity contribution is 5.98. The molecule has 112 valence electrons. The molecule has 0 aliphatic heterocycles. The standard InChI is InChI=1S/C15H22N2O2.ClH/c1-3-19-12-6-7-13(11(2)10-12)17-14(18)15(16)8-4-5-9-15;/h6-7,10H,3-5,8-9,16H2,1-2H3,(H,17,18);1H. The van der Waals surface area contributed by atoms with Gasteiger partial charge < -0.3 is 15.8 Å². The third-order valence-electron chi connectivity index (χ3n) is 3.71. The van der Waals surface area contributed by atoms with Crippen molar-refractivity contribution in [1.82, 2.24) is 0 Å². The van der Waals surface area contributed by atoms with Crippen molar-refractivity contribution in [2.24, 2.45) is 5.73 Å². The van der Waals surface area contributed by atoms with Crippen LogP contribution < -0.4 is 15.8 Å². The molecule has 1 aromatic rings. The maximum absolute atomic E-state index is 12.2. The van der Waals surface area contributed by atoms with Gasteiger partial charge in [0.05, 0.1) is 12.1 Å². The van der Waals surface area contributed by atoms with Gasteiger partial charge in [-0.1, -0.05) is 12.8 Å². The van der Waals surface area contributed by atoms with Gasteiger partial charge in [0.25, 0.3) is 0 Å². The molecule has 5 heteroatoms. The van der Waals surface area contributed by atoms with Gasteiger partial charge in [0, 0.05) is 5.69 Å². The Hall–Kier alpha value is -1.26. The zero-order chi connectivity index (χ0) is 13.9. The van der Waals surface area contributed by atoms with E-state index in [1.54, 1.807) is 0 Å². The van der Waals surface area contributed by atoms with E-state index in [-0.39, 0.29) is 18.3 Å². The van der Waals surface area contributed by atoms with Crippen molar-refractivity contribution in [3.8, 4) is 5.75 Å². The lowest BCUT2D eigenvalue weighted by Crippen LogP contribution is -2.48. The van der Waals surface area contributed by atoms with Crippen LogP contribution in [0.5, 0.6) is 5.75 Å². The van der Waals surface area contributed by atoms with Crippen LogP contribution >= 0.6 is 12.4 Å². The van der Waals surface area contributed by atoms with Crippen LogP contribution in [-0.4, -0.2) is 18.1 Å². The Bertz CT molecular complexity index is 471. The number of hydrogen-bond donors (Lipinski definition) is 2. The quantitative estimate of drug-likeness (QED) is 0.898. The number of rotatable bonds is 4. The predicted octanol–water partition coefficient (Wildman–Crippen LogP) is 3.03. The van der Waals surface area contributed by atoms with Gasteiger partial charge in [-0.2, -0.15) is 0 Å². The molecule has 0 atom stereocenters. The highest BCUT2D eigenvalue weighted by Crippen LogP contribution is 2.29. The lowest BCUT2D eigenvalue weighted by molar-refractivity contribution is -0.121. The zero-order valence-electron chi connectivity index (χ0n) is 12.1. The number of nitrogens with two attached hydrogens (primary N) is 1. The van der Waals surface area contributed by atoms with Gasteiger partial charge in [0.2, 0.25) is 5.91 Å². The number of ether oxygens (including phenoxy) is 1. The van der Waals surface area contributed by atoms with Gasteiger partial charge in [-0.05, 0) is 50.5 Å². The third kappa shape index (κ3) is 3.64. The average molecular weight is 299 g/mol. The van der Waals surface area contributed by atoms with Gasteiger partial charge in [0.15, 0.2) is 0 Å². The van der Waals surface area contributed by atoms with Crippen LogP contribution in [0.1, 0.15) is 38.2 Å². The fourth-order valence-electron chi connectivity index (χ4n) is 2.51. The Morgan fingerprint density at radius 1 is 1.40 bits per heavy atom. The first kappa shape index (κ1) is 16.8. The highest BCUT2D eigenvalue weighted by Gasteiger charge is 2.37. The second-order valence-corrected chi connectivity index (χ2v) is 5.23. The van der Waals surface area contributed by atoms with E-state index in [0.29, 0.717) is 6.61 Å². The number of aryl methyl sites for hydroxylation is 1. The molecule has 1 saturated carbocycles. The molecule has 1 aliphatic carbocycles. The molecule has 1 aromatic carbocycles. The average Bonchev–Trinajstić information content (AvgIpc) is 2.81. The van der Waals surface area contributed by atoms with Crippen molar-refractivity contribution in [1.29, 1.82) is 0 Å². The van der Waals surface area contributed by atoms with Crippen LogP contribution in [0.3, 0.4) is 0 Å². The molecule has 0 saturated heterocycles. The van der Waals surface area contributed by atoms with E-state index in [1.807, 2.05) is 32.0 Å². The number of halogens is 1. The van der Waals surface area contributed by atoms with Crippen molar-refractivity contribution in [3.05, 3.63) is 23.8 Å². The minimum atomic E-state index is -0.689. The molecule has 0 heterocycles. The number of hydrogen-bond acceptors (Lipinski definition) is 3. The van der Waals surface area contributed by atoms with Gasteiger partial charge in [-0.25, -0.2) is 0 Å². The summed E-state index contributed by atoms with van der Waals surface area (Å²) in [5.41, 5.74) is 7.25. The van der Waals surface area contributed by atoms with Crippen molar-refractivity contribution in [3.63, 3.8) is 0 Å². The summed E-state index contributed by atoms with van der Waals surface area (Å²) in [6.45, 7) is 4.54. The SMILES string of the molecule is CCOc1ccc(NC(=O)C2(N)CCCC2)c(C)c1.Cl. The van der Waals surface area contributed by atoms with E-state index >= 15 is 0 Å². The molecule has 1 fully saturated rings. The number of carbonyl (C=O) groups excluding carboxylic acids is 1. The molecule has 2 rings (SSSR count). The Morgan fingerprint density at radius 3 is 2.60 bits per heavy atom. The first-order valence-corrected chi connectivity index (χ1v) is 6.89. The van der Waals surface area contributed by atoms with Crippen LogP contribution in [-0.2, 0) is 4.79 Å². The molecule has 20 heavy (non-hydrogen) atoms. The summed E-state index contributed by atoms with van der Waals surface area (Å²) < 4.78 is 5.43. The number of amides is 1. The third-order valence-corrected chi connectivity index (χ3v) is 3.71. The second kappa shape index (κ2) is 6.95. The number of benzene rings is 1. The van der Waals surface area contributed by atoms with Crippen LogP contribution in [0.4, 0.5) is 5.69 Å². The minimum Gasteiger partial charge on any atom is -0.494 e. The summed E-state index contributed by atoms with van der Waals surface area (Å²) in [5, 5.41) is 2.94. The minimum absolute atomic E-state index is 0. The lowest BCUT2D eigenvalue weighted by Gasteiger charge is -2.23. The van der Waals surface area contributed by atoms with Crippen molar-refractivity contribution < 1.29 is 9.53 Å². The summed E-state index contributed by atoms with van der Waals surface area (Å²) >= 11 is 0. The molecular weight excluding hydrogens is 276 g/mol. The van der Waals surface area contributed by atoms with E-state index in [2.05, 4.69) is 5.32 Å². The van der Waals surface area contributed by atoms with Crippen LogP contribution in [0.15, 0.2) is 18.2 Å². The van der Waals surface area contributed by atoms with Crippen LogP contribution in [0, 0.1) is 6.92 Å². The maximum atomic E-state index is 12.2. The van der Waals surface area contributed by atoms with E-state index in [9.17, 15) is 4.79 Å². The Labute approximate surface area is 126 Å². The smallest absolute Gasteiger partial charge is 0.244 e. The van der Waals surface area contributed by atoms with Gasteiger partial charge in [-0.15, -0.1) is 12.4 Å². The first-order chi connectivity index (χ1) is 9.05. The van der Waals surface area contributed by atoms with E-state index < -0.39 is 5.54 Å². The predicted molar refractivity (Wildman–Crippen MR) is 83.6 cm³/mol. The van der Waals surface area contributed by atoms with Crippen molar-refractivity contribution in [2.45, 2.75) is 45.1 Å². The molecule has 0 unspecified atom stereocenters. The molecule has 4 nitrogen and oxygen atoms in total. The second-order valence-electron chi connectivity index (χ2n) is 5.23. The molecular formula is C15H23ClN2O2. The Balaban J connectivity index is 0.00000200. The summed E-state index contributed by atoms with van der Waals surface area (Å²) in [6.07, 6.45) is 3.61. The van der Waals surface area contributed by atoms with Gasteiger partial charge in [-0.3, -0.25) is 4.79 Å². The number of anilines is 1. The fourth-order valence-corrected chi connectivity index (χ4v) is 2.51. The van der Waals surface area contributed by atoms with Crippen LogP contribution in [0.2, 0.25) is 0 Å². The van der Waals surface area contributed by atoms with Gasteiger partial charge in [0.1, 0.15) is 5.75 Å². The molecule has 0 aromatic heterocycles. The summed E-state index contributed by atoms with van der Waals surface area (Å²) in [5.74, 6) is 0.749. The first-order valence-electron chi connectivity index (χ1n) is 6.89. The van der Waals surface area contributed by atoms with E-state index in [0.717, 1.165) is 42.7 Å². The Kier molecular flexibility index (Phi) is 5.84. The van der Waals surface area contributed by atoms with Gasteiger partial charge >= 0.3 is 0 Å².